The molecule has 0 aliphatic rings. The summed E-state index contributed by atoms with van der Waals surface area (Å²) in [6.07, 6.45) is 2.37. The molecule has 2 N–H and O–H groups in total. The van der Waals surface area contributed by atoms with Gasteiger partial charge in [0, 0.05) is 17.8 Å². The molecule has 72 valence electrons. The van der Waals surface area contributed by atoms with Gasteiger partial charge in [0.2, 0.25) is 5.95 Å². The molecule has 3 heteroatoms. The van der Waals surface area contributed by atoms with E-state index in [1.165, 1.54) is 6.20 Å². The van der Waals surface area contributed by atoms with Crippen LogP contribution >= 0.6 is 0 Å². The number of nitrogens with two attached hydrogens (primary N) is 1. The lowest BCUT2D eigenvalue weighted by atomic mass is 9.94. The summed E-state index contributed by atoms with van der Waals surface area (Å²) in [5.74, 6) is -0.172. The van der Waals surface area contributed by atoms with Crippen LogP contribution in [-0.2, 0) is 0 Å². The molecule has 0 aliphatic heterocycles. The summed E-state index contributed by atoms with van der Waals surface area (Å²) in [4.78, 5) is 3.57. The Morgan fingerprint density at radius 1 is 1.62 bits per heavy atom. The van der Waals surface area contributed by atoms with Crippen LogP contribution in [0.4, 0.5) is 4.39 Å². The van der Waals surface area contributed by atoms with Crippen molar-refractivity contribution in [3.05, 3.63) is 29.8 Å². The van der Waals surface area contributed by atoms with Gasteiger partial charge in [0.25, 0.3) is 0 Å². The second kappa shape index (κ2) is 4.33. The van der Waals surface area contributed by atoms with Gasteiger partial charge in [-0.15, -0.1) is 0 Å². The van der Waals surface area contributed by atoms with Crippen molar-refractivity contribution in [1.82, 2.24) is 4.98 Å². The van der Waals surface area contributed by atoms with Crippen molar-refractivity contribution >= 4 is 0 Å². The highest BCUT2D eigenvalue weighted by Crippen LogP contribution is 2.22. The topological polar surface area (TPSA) is 38.9 Å². The van der Waals surface area contributed by atoms with Gasteiger partial charge in [-0.2, -0.15) is 4.39 Å². The Hall–Kier alpha value is -0.960. The summed E-state index contributed by atoms with van der Waals surface area (Å²) in [7, 11) is 0. The van der Waals surface area contributed by atoms with E-state index in [1.807, 2.05) is 13.8 Å². The van der Waals surface area contributed by atoms with Crippen LogP contribution in [0.25, 0.3) is 0 Å². The fourth-order valence-corrected chi connectivity index (χ4v) is 1.21. The van der Waals surface area contributed by atoms with E-state index >= 15 is 0 Å². The van der Waals surface area contributed by atoms with E-state index in [9.17, 15) is 4.39 Å². The highest BCUT2D eigenvalue weighted by Gasteiger charge is 2.16. The van der Waals surface area contributed by atoms with Gasteiger partial charge in [0.1, 0.15) is 0 Å². The maximum absolute atomic E-state index is 13.1. The molecule has 0 aromatic carbocycles. The summed E-state index contributed by atoms with van der Waals surface area (Å²) in [5.41, 5.74) is 6.38. The lowest BCUT2D eigenvalue weighted by Crippen LogP contribution is -2.20. The molecular formula is C10H15FN2. The molecule has 1 aromatic rings. The van der Waals surface area contributed by atoms with Crippen molar-refractivity contribution in [1.29, 1.82) is 0 Å². The zero-order chi connectivity index (χ0) is 9.84. The molecule has 0 saturated heterocycles. The van der Waals surface area contributed by atoms with Crippen LogP contribution in [0.15, 0.2) is 18.3 Å². The highest BCUT2D eigenvalue weighted by molar-refractivity contribution is 5.15. The number of pyridine rings is 1. The number of nitrogens with zero attached hydrogens (tertiary/aromatic N) is 1. The molecule has 1 aromatic heterocycles. The third-order valence-corrected chi connectivity index (χ3v) is 2.40. The third-order valence-electron chi connectivity index (χ3n) is 2.40. The van der Waals surface area contributed by atoms with Crippen LogP contribution in [0.5, 0.6) is 0 Å². The standard InChI is InChI=1S/C10H15FN2/c1-3-7(2)9(12)8-5-4-6-13-10(8)11/h4-7,9H,3,12H2,1-2H3. The first-order valence-corrected chi connectivity index (χ1v) is 4.52. The molecule has 2 atom stereocenters. The highest BCUT2D eigenvalue weighted by atomic mass is 19.1. The fraction of sp³-hybridized carbons (Fsp3) is 0.500. The number of halogens is 1. The molecule has 0 aliphatic carbocycles. The van der Waals surface area contributed by atoms with E-state index < -0.39 is 5.95 Å². The summed E-state index contributed by atoms with van der Waals surface area (Å²) >= 11 is 0. The van der Waals surface area contributed by atoms with Crippen LogP contribution in [-0.4, -0.2) is 4.98 Å². The fourth-order valence-electron chi connectivity index (χ4n) is 1.21. The Morgan fingerprint density at radius 3 is 2.85 bits per heavy atom. The van der Waals surface area contributed by atoms with E-state index in [-0.39, 0.29) is 12.0 Å². The maximum atomic E-state index is 13.1. The summed E-state index contributed by atoms with van der Waals surface area (Å²) in [6.45, 7) is 4.05. The summed E-state index contributed by atoms with van der Waals surface area (Å²) in [6, 6.07) is 3.15. The lowest BCUT2D eigenvalue weighted by molar-refractivity contribution is 0.432. The average Bonchev–Trinajstić information content (AvgIpc) is 2.16. The van der Waals surface area contributed by atoms with Gasteiger partial charge in [0.15, 0.2) is 0 Å². The van der Waals surface area contributed by atoms with Crippen molar-refractivity contribution in [3.63, 3.8) is 0 Å². The largest absolute Gasteiger partial charge is 0.324 e. The van der Waals surface area contributed by atoms with Gasteiger partial charge in [-0.25, -0.2) is 4.98 Å². The number of rotatable bonds is 3. The minimum atomic E-state index is -0.449. The maximum Gasteiger partial charge on any atom is 0.217 e. The van der Waals surface area contributed by atoms with Crippen molar-refractivity contribution in [2.24, 2.45) is 11.7 Å². The molecule has 0 amide bonds. The molecule has 1 heterocycles. The molecule has 2 nitrogen and oxygen atoms in total. The van der Waals surface area contributed by atoms with Gasteiger partial charge < -0.3 is 5.73 Å². The minimum absolute atomic E-state index is 0.251. The summed E-state index contributed by atoms with van der Waals surface area (Å²) < 4.78 is 13.1. The first kappa shape index (κ1) is 10.1. The molecular weight excluding hydrogens is 167 g/mol. The normalized spacial score (nSPS) is 15.4. The van der Waals surface area contributed by atoms with Gasteiger partial charge >= 0.3 is 0 Å². The second-order valence-corrected chi connectivity index (χ2v) is 3.29. The zero-order valence-corrected chi connectivity index (χ0v) is 8.00. The first-order valence-electron chi connectivity index (χ1n) is 4.52. The predicted molar refractivity (Wildman–Crippen MR) is 50.6 cm³/mol. The zero-order valence-electron chi connectivity index (χ0n) is 8.00. The number of aromatic nitrogens is 1. The van der Waals surface area contributed by atoms with E-state index in [4.69, 9.17) is 5.73 Å². The molecule has 1 rings (SSSR count). The lowest BCUT2D eigenvalue weighted by Gasteiger charge is -2.18. The van der Waals surface area contributed by atoms with Crippen LogP contribution < -0.4 is 5.73 Å². The van der Waals surface area contributed by atoms with Crippen LogP contribution in [0.3, 0.4) is 0 Å². The van der Waals surface area contributed by atoms with Gasteiger partial charge in [-0.3, -0.25) is 0 Å². The van der Waals surface area contributed by atoms with Crippen molar-refractivity contribution < 1.29 is 4.39 Å². The molecule has 13 heavy (non-hydrogen) atoms. The van der Waals surface area contributed by atoms with Crippen LogP contribution in [0.2, 0.25) is 0 Å². The molecule has 0 radical (unpaired) electrons. The average molecular weight is 182 g/mol. The monoisotopic (exact) mass is 182 g/mol. The number of hydrogen-bond acceptors (Lipinski definition) is 2. The first-order chi connectivity index (χ1) is 6.16. The predicted octanol–water partition coefficient (Wildman–Crippen LogP) is 2.27. The van der Waals surface area contributed by atoms with Crippen LogP contribution in [0.1, 0.15) is 31.9 Å². The van der Waals surface area contributed by atoms with Crippen LogP contribution in [0, 0.1) is 11.9 Å². The van der Waals surface area contributed by atoms with E-state index in [0.717, 1.165) is 6.42 Å². The van der Waals surface area contributed by atoms with Crippen molar-refractivity contribution in [2.45, 2.75) is 26.3 Å². The quantitative estimate of drug-likeness (QED) is 0.728. The Kier molecular flexibility index (Phi) is 3.37. The van der Waals surface area contributed by atoms with Gasteiger partial charge in [-0.1, -0.05) is 26.3 Å². The molecule has 0 spiro atoms. The van der Waals surface area contributed by atoms with Gasteiger partial charge in [0.05, 0.1) is 0 Å². The summed E-state index contributed by atoms with van der Waals surface area (Å²) in [5, 5.41) is 0. The van der Waals surface area contributed by atoms with E-state index in [0.29, 0.717) is 5.56 Å². The van der Waals surface area contributed by atoms with Crippen molar-refractivity contribution in [3.8, 4) is 0 Å². The van der Waals surface area contributed by atoms with E-state index in [2.05, 4.69) is 4.98 Å². The SMILES string of the molecule is CCC(C)C(N)c1cccnc1F. The second-order valence-electron chi connectivity index (χ2n) is 3.29. The Labute approximate surface area is 78.0 Å². The van der Waals surface area contributed by atoms with Crippen molar-refractivity contribution in [2.75, 3.05) is 0 Å². The smallest absolute Gasteiger partial charge is 0.217 e. The molecule has 0 fully saturated rings. The van der Waals surface area contributed by atoms with E-state index in [1.54, 1.807) is 12.1 Å². The Balaban J connectivity index is 2.88. The minimum Gasteiger partial charge on any atom is -0.324 e. The molecule has 2 unspecified atom stereocenters. The third kappa shape index (κ3) is 2.25. The number of hydrogen-bond donors (Lipinski definition) is 1. The van der Waals surface area contributed by atoms with Gasteiger partial charge in [-0.05, 0) is 12.0 Å². The Morgan fingerprint density at radius 2 is 2.31 bits per heavy atom. The molecule has 0 saturated carbocycles. The Bertz CT molecular complexity index is 275. The molecule has 0 bridgehead atoms.